The van der Waals surface area contributed by atoms with Gasteiger partial charge in [-0.1, -0.05) is 17.7 Å². The van der Waals surface area contributed by atoms with Crippen LogP contribution in [0.15, 0.2) is 24.3 Å². The van der Waals surface area contributed by atoms with Gasteiger partial charge in [-0.25, -0.2) is 8.42 Å². The Morgan fingerprint density at radius 3 is 2.95 bits per heavy atom. The van der Waals surface area contributed by atoms with Crippen LogP contribution in [0.2, 0.25) is 5.02 Å². The minimum Gasteiger partial charge on any atom is -0.492 e. The Hall–Kier alpha value is -0.920. The standard InChI is InChI=1S/C14H18ClNO4S2/c15-11-2-1-3-12(8-11)20-6-5-16-14(17)9-21-13-4-7-22(18,19)10-13/h1-3,8,13H,4-7,9-10H2,(H,16,17)/t13-/m1/s1. The molecule has 1 amide bonds. The van der Waals surface area contributed by atoms with Crippen molar-refractivity contribution in [3.8, 4) is 5.75 Å². The van der Waals surface area contributed by atoms with E-state index < -0.39 is 9.84 Å². The van der Waals surface area contributed by atoms with E-state index in [0.717, 1.165) is 0 Å². The molecule has 1 saturated heterocycles. The van der Waals surface area contributed by atoms with Crippen LogP contribution in [0.5, 0.6) is 5.75 Å². The van der Waals surface area contributed by atoms with Crippen LogP contribution in [0.4, 0.5) is 0 Å². The van der Waals surface area contributed by atoms with Crippen molar-refractivity contribution in [3.63, 3.8) is 0 Å². The van der Waals surface area contributed by atoms with Gasteiger partial charge in [-0.15, -0.1) is 11.8 Å². The Kier molecular flexibility index (Phi) is 6.40. The lowest BCUT2D eigenvalue weighted by Crippen LogP contribution is -2.30. The Morgan fingerprint density at radius 1 is 1.45 bits per heavy atom. The fourth-order valence-corrected chi connectivity index (χ4v) is 5.71. The lowest BCUT2D eigenvalue weighted by Gasteiger charge is -2.09. The summed E-state index contributed by atoms with van der Waals surface area (Å²) < 4.78 is 28.1. The first kappa shape index (κ1) is 17.4. The molecule has 5 nitrogen and oxygen atoms in total. The van der Waals surface area contributed by atoms with Crippen molar-refractivity contribution < 1.29 is 17.9 Å². The van der Waals surface area contributed by atoms with Gasteiger partial charge in [0.25, 0.3) is 0 Å². The molecule has 2 rings (SSSR count). The zero-order valence-electron chi connectivity index (χ0n) is 12.0. The van der Waals surface area contributed by atoms with E-state index in [1.54, 1.807) is 24.3 Å². The van der Waals surface area contributed by atoms with Gasteiger partial charge >= 0.3 is 0 Å². The van der Waals surface area contributed by atoms with Crippen molar-refractivity contribution in [2.75, 3.05) is 30.4 Å². The predicted octanol–water partition coefficient (Wildman–Crippen LogP) is 1.76. The molecule has 1 aliphatic rings. The van der Waals surface area contributed by atoms with Crippen LogP contribution in [0, 0.1) is 0 Å². The van der Waals surface area contributed by atoms with E-state index in [0.29, 0.717) is 30.3 Å². The Labute approximate surface area is 139 Å². The summed E-state index contributed by atoms with van der Waals surface area (Å²) in [7, 11) is -2.88. The lowest BCUT2D eigenvalue weighted by atomic mass is 10.3. The molecule has 1 N–H and O–H groups in total. The zero-order valence-corrected chi connectivity index (χ0v) is 14.3. The number of thioether (sulfide) groups is 1. The van der Waals surface area contributed by atoms with Crippen LogP contribution in [0.1, 0.15) is 6.42 Å². The zero-order chi connectivity index (χ0) is 16.0. The van der Waals surface area contributed by atoms with E-state index in [-0.39, 0.29) is 28.4 Å². The van der Waals surface area contributed by atoms with E-state index in [1.807, 2.05) is 0 Å². The fourth-order valence-electron chi connectivity index (χ4n) is 2.05. The van der Waals surface area contributed by atoms with Crippen molar-refractivity contribution in [3.05, 3.63) is 29.3 Å². The molecular weight excluding hydrogens is 346 g/mol. The van der Waals surface area contributed by atoms with E-state index in [2.05, 4.69) is 5.32 Å². The number of hydrogen-bond acceptors (Lipinski definition) is 5. The van der Waals surface area contributed by atoms with Gasteiger partial charge < -0.3 is 10.1 Å². The maximum Gasteiger partial charge on any atom is 0.230 e. The Balaban J connectivity index is 1.58. The maximum atomic E-state index is 11.7. The first-order chi connectivity index (χ1) is 10.4. The summed E-state index contributed by atoms with van der Waals surface area (Å²) in [4.78, 5) is 11.7. The molecule has 22 heavy (non-hydrogen) atoms. The van der Waals surface area contributed by atoms with Gasteiger partial charge in [0.1, 0.15) is 12.4 Å². The van der Waals surface area contributed by atoms with E-state index in [1.165, 1.54) is 11.8 Å². The molecule has 1 heterocycles. The van der Waals surface area contributed by atoms with Crippen molar-refractivity contribution in [2.24, 2.45) is 0 Å². The molecular formula is C14H18ClNO4S2. The molecule has 0 unspecified atom stereocenters. The predicted molar refractivity (Wildman–Crippen MR) is 89.5 cm³/mol. The fraction of sp³-hybridized carbons (Fsp3) is 0.500. The van der Waals surface area contributed by atoms with E-state index in [4.69, 9.17) is 16.3 Å². The van der Waals surface area contributed by atoms with Crippen LogP contribution in [0.3, 0.4) is 0 Å². The summed E-state index contributed by atoms with van der Waals surface area (Å²) in [5.74, 6) is 1.25. The first-order valence-corrected chi connectivity index (χ1v) is 10.2. The Morgan fingerprint density at radius 2 is 2.27 bits per heavy atom. The molecule has 1 aromatic carbocycles. The van der Waals surface area contributed by atoms with Gasteiger partial charge in [0.2, 0.25) is 5.91 Å². The highest BCUT2D eigenvalue weighted by Crippen LogP contribution is 2.23. The third-order valence-corrected chi connectivity index (χ3v) is 6.65. The van der Waals surface area contributed by atoms with Gasteiger partial charge in [0, 0.05) is 10.3 Å². The van der Waals surface area contributed by atoms with Gasteiger partial charge in [-0.05, 0) is 24.6 Å². The van der Waals surface area contributed by atoms with Crippen LogP contribution in [0.25, 0.3) is 0 Å². The van der Waals surface area contributed by atoms with E-state index in [9.17, 15) is 13.2 Å². The third kappa shape index (κ3) is 6.06. The maximum absolute atomic E-state index is 11.7. The normalized spacial score (nSPS) is 19.8. The summed E-state index contributed by atoms with van der Waals surface area (Å²) in [5, 5.41) is 3.39. The number of nitrogens with one attached hydrogen (secondary N) is 1. The summed E-state index contributed by atoms with van der Waals surface area (Å²) in [6, 6.07) is 7.06. The van der Waals surface area contributed by atoms with Crippen molar-refractivity contribution in [2.45, 2.75) is 11.7 Å². The van der Waals surface area contributed by atoms with Crippen LogP contribution < -0.4 is 10.1 Å². The molecule has 1 aromatic rings. The molecule has 0 saturated carbocycles. The number of carbonyl (C=O) groups is 1. The molecule has 0 radical (unpaired) electrons. The van der Waals surface area contributed by atoms with Gasteiger partial charge in [0.15, 0.2) is 9.84 Å². The van der Waals surface area contributed by atoms with Gasteiger partial charge in [-0.2, -0.15) is 0 Å². The largest absolute Gasteiger partial charge is 0.492 e. The molecule has 1 atom stereocenters. The van der Waals surface area contributed by atoms with Crippen molar-refractivity contribution >= 4 is 39.1 Å². The second-order valence-electron chi connectivity index (χ2n) is 4.99. The number of carbonyl (C=O) groups excluding carboxylic acids is 1. The molecule has 0 bridgehead atoms. The van der Waals surface area contributed by atoms with Crippen LogP contribution in [-0.2, 0) is 14.6 Å². The number of benzene rings is 1. The van der Waals surface area contributed by atoms with Crippen molar-refractivity contribution in [1.29, 1.82) is 0 Å². The van der Waals surface area contributed by atoms with Gasteiger partial charge in [-0.3, -0.25) is 4.79 Å². The van der Waals surface area contributed by atoms with Crippen LogP contribution in [-0.4, -0.2) is 50.0 Å². The number of halogens is 1. The summed E-state index contributed by atoms with van der Waals surface area (Å²) >= 11 is 7.24. The van der Waals surface area contributed by atoms with Gasteiger partial charge in [0.05, 0.1) is 23.8 Å². The third-order valence-electron chi connectivity index (χ3n) is 3.13. The first-order valence-electron chi connectivity index (χ1n) is 6.92. The molecule has 1 aliphatic heterocycles. The minimum atomic E-state index is -2.88. The molecule has 8 heteroatoms. The second kappa shape index (κ2) is 8.08. The average Bonchev–Trinajstić information content (AvgIpc) is 2.81. The smallest absolute Gasteiger partial charge is 0.230 e. The second-order valence-corrected chi connectivity index (χ2v) is 8.95. The summed E-state index contributed by atoms with van der Waals surface area (Å²) in [6.45, 7) is 0.753. The number of rotatable bonds is 7. The quantitative estimate of drug-likeness (QED) is 0.747. The monoisotopic (exact) mass is 363 g/mol. The number of ether oxygens (including phenoxy) is 1. The highest BCUT2D eigenvalue weighted by molar-refractivity contribution is 8.02. The lowest BCUT2D eigenvalue weighted by molar-refractivity contribution is -0.118. The molecule has 1 fully saturated rings. The summed E-state index contributed by atoms with van der Waals surface area (Å²) in [5.41, 5.74) is 0. The molecule has 122 valence electrons. The Bertz CT molecular complexity index is 621. The number of sulfone groups is 1. The molecule has 0 spiro atoms. The molecule has 0 aromatic heterocycles. The summed E-state index contributed by atoms with van der Waals surface area (Å²) in [6.07, 6.45) is 0.637. The number of amides is 1. The van der Waals surface area contributed by atoms with E-state index >= 15 is 0 Å². The highest BCUT2D eigenvalue weighted by Gasteiger charge is 2.28. The topological polar surface area (TPSA) is 72.5 Å². The van der Waals surface area contributed by atoms with Crippen molar-refractivity contribution in [1.82, 2.24) is 5.32 Å². The highest BCUT2D eigenvalue weighted by atomic mass is 35.5. The molecule has 0 aliphatic carbocycles. The number of hydrogen-bond donors (Lipinski definition) is 1. The average molecular weight is 364 g/mol. The SMILES string of the molecule is O=C(CS[C@@H]1CCS(=O)(=O)C1)NCCOc1cccc(Cl)c1. The van der Waals surface area contributed by atoms with Crippen LogP contribution >= 0.6 is 23.4 Å². The minimum absolute atomic E-state index is 0.0402.